The van der Waals surface area contributed by atoms with Crippen molar-refractivity contribution in [3.8, 4) is 0 Å². The van der Waals surface area contributed by atoms with Crippen molar-refractivity contribution in [3.05, 3.63) is 11.6 Å². The number of nitrogens with zero attached hydrogens (tertiary/aromatic N) is 4. The second-order valence-electron chi connectivity index (χ2n) is 5.96. The number of carbonyl (C=O) groups is 1. The highest BCUT2D eigenvalue weighted by atomic mass is 16.5. The van der Waals surface area contributed by atoms with Crippen LogP contribution in [0.3, 0.4) is 0 Å². The summed E-state index contributed by atoms with van der Waals surface area (Å²) in [6, 6.07) is 0.245. The lowest BCUT2D eigenvalue weighted by molar-refractivity contribution is -0.134. The summed E-state index contributed by atoms with van der Waals surface area (Å²) in [5, 5.41) is 4.46. The normalized spacial score (nSPS) is 19.3. The van der Waals surface area contributed by atoms with Crippen molar-refractivity contribution in [1.82, 2.24) is 19.7 Å². The van der Waals surface area contributed by atoms with E-state index in [4.69, 9.17) is 4.74 Å². The lowest BCUT2D eigenvalue weighted by Gasteiger charge is -2.33. The summed E-state index contributed by atoms with van der Waals surface area (Å²) >= 11 is 0. The van der Waals surface area contributed by atoms with Gasteiger partial charge in [-0.05, 0) is 40.5 Å². The third-order valence-corrected chi connectivity index (χ3v) is 3.77. The molecule has 1 fully saturated rings. The highest BCUT2D eigenvalue weighted by Crippen LogP contribution is 2.22. The van der Waals surface area contributed by atoms with E-state index < -0.39 is 0 Å². The Morgan fingerprint density at radius 2 is 2.19 bits per heavy atom. The molecule has 1 aliphatic rings. The quantitative estimate of drug-likeness (QED) is 0.832. The second kappa shape index (κ2) is 7.02. The van der Waals surface area contributed by atoms with E-state index in [0.717, 1.165) is 37.6 Å². The van der Waals surface area contributed by atoms with Gasteiger partial charge in [0.15, 0.2) is 0 Å². The summed E-state index contributed by atoms with van der Waals surface area (Å²) in [7, 11) is 0. The lowest BCUT2D eigenvalue weighted by Crippen LogP contribution is -2.41. The lowest BCUT2D eigenvalue weighted by atomic mass is 10.1. The predicted octanol–water partition coefficient (Wildman–Crippen LogP) is 1.87. The first-order valence-corrected chi connectivity index (χ1v) is 7.76. The minimum Gasteiger partial charge on any atom is -0.378 e. The Morgan fingerprint density at radius 3 is 2.81 bits per heavy atom. The van der Waals surface area contributed by atoms with E-state index in [2.05, 4.69) is 10.1 Å². The number of carbonyl (C=O) groups excluding carboxylic acids is 1. The number of likely N-dealkylation sites (tertiary alicyclic amines) is 1. The molecule has 118 valence electrons. The molecule has 1 aromatic rings. The van der Waals surface area contributed by atoms with Gasteiger partial charge in [-0.2, -0.15) is 5.10 Å². The molecule has 0 unspecified atom stereocenters. The monoisotopic (exact) mass is 294 g/mol. The van der Waals surface area contributed by atoms with Gasteiger partial charge in [0, 0.05) is 13.1 Å². The second-order valence-corrected chi connectivity index (χ2v) is 5.96. The molecular formula is C15H26N4O2. The van der Waals surface area contributed by atoms with E-state index in [1.54, 1.807) is 0 Å². The summed E-state index contributed by atoms with van der Waals surface area (Å²) in [5.74, 6) is 1.89. The number of rotatable bonds is 5. The molecule has 1 aliphatic heterocycles. The predicted molar refractivity (Wildman–Crippen MR) is 80.1 cm³/mol. The molecule has 21 heavy (non-hydrogen) atoms. The van der Waals surface area contributed by atoms with Gasteiger partial charge in [0.25, 0.3) is 0 Å². The molecule has 2 rings (SSSR count). The highest BCUT2D eigenvalue weighted by Gasteiger charge is 2.26. The SMILES string of the molecule is Cc1nc(C)n([C@@H]2CCCN(C(=O)CCOC(C)C)C2)n1. The zero-order valence-corrected chi connectivity index (χ0v) is 13.5. The fourth-order valence-electron chi connectivity index (χ4n) is 2.80. The molecule has 6 nitrogen and oxygen atoms in total. The third kappa shape index (κ3) is 4.27. The first kappa shape index (κ1) is 15.9. The standard InChI is InChI=1S/C15H26N4O2/c1-11(2)21-9-7-15(20)18-8-5-6-14(10-18)19-13(4)16-12(3)17-19/h11,14H,5-10H2,1-4H3/t14-/m1/s1. The Morgan fingerprint density at radius 1 is 1.43 bits per heavy atom. The number of aryl methyl sites for hydroxylation is 2. The van der Waals surface area contributed by atoms with E-state index in [-0.39, 0.29) is 18.1 Å². The van der Waals surface area contributed by atoms with Gasteiger partial charge in [-0.3, -0.25) is 4.79 Å². The molecule has 0 spiro atoms. The van der Waals surface area contributed by atoms with Crippen LogP contribution in [0.4, 0.5) is 0 Å². The molecule has 0 aliphatic carbocycles. The minimum atomic E-state index is 0.174. The molecule has 0 radical (unpaired) electrons. The molecule has 1 aromatic heterocycles. The number of hydrogen-bond donors (Lipinski definition) is 0. The Bertz CT molecular complexity index is 484. The molecular weight excluding hydrogens is 268 g/mol. The summed E-state index contributed by atoms with van der Waals surface area (Å²) in [4.78, 5) is 18.5. The smallest absolute Gasteiger partial charge is 0.224 e. The topological polar surface area (TPSA) is 60.2 Å². The Kier molecular flexibility index (Phi) is 5.33. The Balaban J connectivity index is 1.91. The van der Waals surface area contributed by atoms with Crippen molar-refractivity contribution in [2.24, 2.45) is 0 Å². The van der Waals surface area contributed by atoms with E-state index >= 15 is 0 Å². The zero-order valence-electron chi connectivity index (χ0n) is 13.5. The van der Waals surface area contributed by atoms with Gasteiger partial charge in [-0.25, -0.2) is 9.67 Å². The van der Waals surface area contributed by atoms with Crippen LogP contribution in [-0.4, -0.2) is 51.4 Å². The van der Waals surface area contributed by atoms with Crippen molar-refractivity contribution < 1.29 is 9.53 Å². The van der Waals surface area contributed by atoms with Gasteiger partial charge in [-0.1, -0.05) is 0 Å². The van der Waals surface area contributed by atoms with E-state index in [9.17, 15) is 4.79 Å². The van der Waals surface area contributed by atoms with E-state index in [1.807, 2.05) is 37.3 Å². The molecule has 0 aromatic carbocycles. The van der Waals surface area contributed by atoms with Gasteiger partial charge in [0.1, 0.15) is 11.6 Å². The average molecular weight is 294 g/mol. The van der Waals surface area contributed by atoms with E-state index in [0.29, 0.717) is 13.0 Å². The molecule has 1 saturated heterocycles. The number of amides is 1. The van der Waals surface area contributed by atoms with Gasteiger partial charge in [0.2, 0.25) is 5.91 Å². The van der Waals surface area contributed by atoms with Crippen LogP contribution < -0.4 is 0 Å². The fraction of sp³-hybridized carbons (Fsp3) is 0.800. The van der Waals surface area contributed by atoms with Crippen LogP contribution in [0.2, 0.25) is 0 Å². The third-order valence-electron chi connectivity index (χ3n) is 3.77. The summed E-state index contributed by atoms with van der Waals surface area (Å²) in [5.41, 5.74) is 0. The zero-order chi connectivity index (χ0) is 15.4. The minimum absolute atomic E-state index is 0.174. The number of hydrogen-bond acceptors (Lipinski definition) is 4. The summed E-state index contributed by atoms with van der Waals surface area (Å²) in [6.07, 6.45) is 2.70. The molecule has 2 heterocycles. The maximum absolute atomic E-state index is 12.2. The molecule has 1 amide bonds. The first-order valence-electron chi connectivity index (χ1n) is 7.76. The van der Waals surface area contributed by atoms with Crippen LogP contribution in [0, 0.1) is 13.8 Å². The Hall–Kier alpha value is -1.43. The highest BCUT2D eigenvalue weighted by molar-refractivity contribution is 5.76. The molecule has 0 N–H and O–H groups in total. The first-order chi connectivity index (χ1) is 9.97. The number of piperidine rings is 1. The van der Waals surface area contributed by atoms with Gasteiger partial charge in [-0.15, -0.1) is 0 Å². The maximum Gasteiger partial charge on any atom is 0.224 e. The van der Waals surface area contributed by atoms with Gasteiger partial charge in [0.05, 0.1) is 25.2 Å². The molecule has 0 saturated carbocycles. The largest absolute Gasteiger partial charge is 0.378 e. The van der Waals surface area contributed by atoms with Crippen LogP contribution in [-0.2, 0) is 9.53 Å². The Labute approximate surface area is 126 Å². The van der Waals surface area contributed by atoms with Crippen molar-refractivity contribution in [2.75, 3.05) is 19.7 Å². The number of aromatic nitrogens is 3. The molecule has 0 bridgehead atoms. The van der Waals surface area contributed by atoms with Crippen LogP contribution in [0.25, 0.3) is 0 Å². The molecule has 1 atom stereocenters. The van der Waals surface area contributed by atoms with E-state index in [1.165, 1.54) is 0 Å². The van der Waals surface area contributed by atoms with Crippen LogP contribution >= 0.6 is 0 Å². The van der Waals surface area contributed by atoms with Gasteiger partial charge >= 0.3 is 0 Å². The fourth-order valence-corrected chi connectivity index (χ4v) is 2.80. The average Bonchev–Trinajstić information content (AvgIpc) is 2.77. The van der Waals surface area contributed by atoms with Crippen molar-refractivity contribution in [2.45, 2.75) is 59.1 Å². The van der Waals surface area contributed by atoms with Crippen molar-refractivity contribution >= 4 is 5.91 Å². The van der Waals surface area contributed by atoms with Crippen LogP contribution in [0.5, 0.6) is 0 Å². The van der Waals surface area contributed by atoms with Crippen LogP contribution in [0.15, 0.2) is 0 Å². The van der Waals surface area contributed by atoms with Crippen molar-refractivity contribution in [3.63, 3.8) is 0 Å². The summed E-state index contributed by atoms with van der Waals surface area (Å²) < 4.78 is 7.43. The summed E-state index contributed by atoms with van der Waals surface area (Å²) in [6.45, 7) is 9.90. The van der Waals surface area contributed by atoms with Crippen LogP contribution in [0.1, 0.15) is 50.8 Å². The van der Waals surface area contributed by atoms with Crippen molar-refractivity contribution in [1.29, 1.82) is 0 Å². The van der Waals surface area contributed by atoms with Gasteiger partial charge < -0.3 is 9.64 Å². The maximum atomic E-state index is 12.2. The molecule has 6 heteroatoms. The number of ether oxygens (including phenoxy) is 1.